The number of carbonyl (C=O) groups is 1. The van der Waals surface area contributed by atoms with Gasteiger partial charge in [-0.1, -0.05) is 0 Å². The number of methoxy groups -OCH3 is 1. The minimum absolute atomic E-state index is 0.0459. The normalized spacial score (nSPS) is 10.2. The lowest BCUT2D eigenvalue weighted by Gasteiger charge is -2.16. The first-order valence-electron chi connectivity index (χ1n) is 5.61. The molecule has 1 aromatic carbocycles. The van der Waals surface area contributed by atoms with Crippen LogP contribution in [0.15, 0.2) is 29.1 Å². The molecule has 1 aromatic heterocycles. The van der Waals surface area contributed by atoms with Crippen LogP contribution >= 0.6 is 11.3 Å². The molecule has 0 aliphatic heterocycles. The van der Waals surface area contributed by atoms with Gasteiger partial charge in [0.2, 0.25) is 0 Å². The smallest absolute Gasteiger partial charge is 0.254 e. The van der Waals surface area contributed by atoms with E-state index >= 15 is 0 Å². The van der Waals surface area contributed by atoms with Crippen molar-refractivity contribution < 1.29 is 14.6 Å². The van der Waals surface area contributed by atoms with E-state index < -0.39 is 0 Å². The zero-order valence-electron chi connectivity index (χ0n) is 10.7. The molecule has 0 saturated heterocycles. The lowest BCUT2D eigenvalue weighted by Crippen LogP contribution is -2.26. The Morgan fingerprint density at radius 3 is 2.89 bits per heavy atom. The van der Waals surface area contributed by atoms with Crippen LogP contribution in [0.5, 0.6) is 11.5 Å². The lowest BCUT2D eigenvalue weighted by molar-refractivity contribution is 0.0783. The lowest BCUT2D eigenvalue weighted by atomic mass is 10.1. The van der Waals surface area contributed by atoms with E-state index in [1.165, 1.54) is 24.5 Å². The van der Waals surface area contributed by atoms with Gasteiger partial charge in [-0.2, -0.15) is 0 Å². The van der Waals surface area contributed by atoms with E-state index in [0.717, 1.165) is 5.69 Å². The molecular weight excluding hydrogens is 264 g/mol. The Hall–Kier alpha value is -2.08. The van der Waals surface area contributed by atoms with Gasteiger partial charge in [0.1, 0.15) is 0 Å². The Kier molecular flexibility index (Phi) is 4.01. The van der Waals surface area contributed by atoms with Crippen molar-refractivity contribution in [1.82, 2.24) is 9.88 Å². The van der Waals surface area contributed by atoms with Crippen molar-refractivity contribution in [3.8, 4) is 11.5 Å². The number of aromatic nitrogens is 1. The standard InChI is InChI=1S/C13H14N2O3S/c1-15(6-10-7-19-8-14-10)13(17)9-3-4-12(18-2)11(16)5-9/h3-5,7-8,16H,6H2,1-2H3. The number of thiazole rings is 1. The van der Waals surface area contributed by atoms with Crippen LogP contribution in [0.4, 0.5) is 0 Å². The Morgan fingerprint density at radius 1 is 1.53 bits per heavy atom. The average molecular weight is 278 g/mol. The predicted molar refractivity (Wildman–Crippen MR) is 72.6 cm³/mol. The predicted octanol–water partition coefficient (Wildman–Crippen LogP) is 2.13. The topological polar surface area (TPSA) is 62.7 Å². The number of rotatable bonds is 4. The third-order valence-electron chi connectivity index (χ3n) is 2.66. The Morgan fingerprint density at radius 2 is 2.32 bits per heavy atom. The van der Waals surface area contributed by atoms with Crippen molar-refractivity contribution in [3.63, 3.8) is 0 Å². The van der Waals surface area contributed by atoms with Crippen molar-refractivity contribution in [2.24, 2.45) is 0 Å². The number of aromatic hydroxyl groups is 1. The summed E-state index contributed by atoms with van der Waals surface area (Å²) in [5.74, 6) is 0.125. The average Bonchev–Trinajstić information content (AvgIpc) is 2.90. The SMILES string of the molecule is COc1ccc(C(=O)N(C)Cc2cscn2)cc1O. The number of benzene rings is 1. The van der Waals surface area contributed by atoms with Gasteiger partial charge >= 0.3 is 0 Å². The van der Waals surface area contributed by atoms with Crippen LogP contribution < -0.4 is 4.74 Å². The highest BCUT2D eigenvalue weighted by atomic mass is 32.1. The van der Waals surface area contributed by atoms with Gasteiger partial charge < -0.3 is 14.7 Å². The van der Waals surface area contributed by atoms with Crippen molar-refractivity contribution in [3.05, 3.63) is 40.3 Å². The van der Waals surface area contributed by atoms with Gasteiger partial charge in [0.15, 0.2) is 11.5 Å². The minimum Gasteiger partial charge on any atom is -0.504 e. The Labute approximate surface area is 115 Å². The maximum Gasteiger partial charge on any atom is 0.254 e. The van der Waals surface area contributed by atoms with E-state index in [-0.39, 0.29) is 11.7 Å². The quantitative estimate of drug-likeness (QED) is 0.930. The summed E-state index contributed by atoms with van der Waals surface area (Å²) < 4.78 is 4.94. The van der Waals surface area contributed by atoms with E-state index in [1.54, 1.807) is 29.6 Å². The van der Waals surface area contributed by atoms with Gasteiger partial charge in [-0.3, -0.25) is 4.79 Å². The molecule has 2 rings (SSSR count). The molecule has 1 amide bonds. The summed E-state index contributed by atoms with van der Waals surface area (Å²) in [7, 11) is 3.16. The van der Waals surface area contributed by atoms with E-state index in [0.29, 0.717) is 17.9 Å². The fourth-order valence-corrected chi connectivity index (χ4v) is 2.22. The first-order valence-corrected chi connectivity index (χ1v) is 6.55. The molecule has 0 spiro atoms. The van der Waals surface area contributed by atoms with Crippen LogP contribution in [0.1, 0.15) is 16.1 Å². The molecular formula is C13H14N2O3S. The first-order chi connectivity index (χ1) is 9.11. The third-order valence-corrected chi connectivity index (χ3v) is 3.29. The van der Waals surface area contributed by atoms with Crippen LogP contribution in [0.25, 0.3) is 0 Å². The molecule has 0 saturated carbocycles. The monoisotopic (exact) mass is 278 g/mol. The second kappa shape index (κ2) is 5.71. The van der Waals surface area contributed by atoms with Crippen molar-refractivity contribution >= 4 is 17.2 Å². The van der Waals surface area contributed by atoms with Crippen LogP contribution in [0.2, 0.25) is 0 Å². The summed E-state index contributed by atoms with van der Waals surface area (Å²) >= 11 is 1.49. The highest BCUT2D eigenvalue weighted by Crippen LogP contribution is 2.26. The van der Waals surface area contributed by atoms with Gasteiger partial charge in [0.05, 0.1) is 24.9 Å². The summed E-state index contributed by atoms with van der Waals surface area (Å²) in [4.78, 5) is 17.9. The second-order valence-corrected chi connectivity index (χ2v) is 4.75. The largest absolute Gasteiger partial charge is 0.504 e. The zero-order valence-corrected chi connectivity index (χ0v) is 11.5. The van der Waals surface area contributed by atoms with E-state index in [1.807, 2.05) is 5.38 Å². The number of hydrogen-bond donors (Lipinski definition) is 1. The molecule has 0 aliphatic rings. The maximum absolute atomic E-state index is 12.2. The van der Waals surface area contributed by atoms with Crippen LogP contribution in [-0.2, 0) is 6.54 Å². The number of ether oxygens (including phenoxy) is 1. The molecule has 100 valence electrons. The van der Waals surface area contributed by atoms with Crippen molar-refractivity contribution in [2.75, 3.05) is 14.2 Å². The Balaban J connectivity index is 2.12. The van der Waals surface area contributed by atoms with Crippen molar-refractivity contribution in [2.45, 2.75) is 6.54 Å². The first kappa shape index (κ1) is 13.4. The number of hydrogen-bond acceptors (Lipinski definition) is 5. The molecule has 2 aromatic rings. The molecule has 6 heteroatoms. The van der Waals surface area contributed by atoms with E-state index in [2.05, 4.69) is 4.98 Å². The summed E-state index contributed by atoms with van der Waals surface area (Å²) in [5, 5.41) is 11.6. The molecule has 1 heterocycles. The van der Waals surface area contributed by atoms with Gasteiger partial charge in [0.25, 0.3) is 5.91 Å². The number of nitrogens with zero attached hydrogens (tertiary/aromatic N) is 2. The summed E-state index contributed by atoms with van der Waals surface area (Å²) in [5.41, 5.74) is 2.99. The number of phenols is 1. The van der Waals surface area contributed by atoms with Gasteiger partial charge in [-0.25, -0.2) is 4.98 Å². The number of phenolic OH excluding ortho intramolecular Hbond substituents is 1. The zero-order chi connectivity index (χ0) is 13.8. The molecule has 19 heavy (non-hydrogen) atoms. The van der Waals surface area contributed by atoms with Gasteiger partial charge in [-0.15, -0.1) is 11.3 Å². The molecule has 0 radical (unpaired) electrons. The minimum atomic E-state index is -0.175. The number of carbonyl (C=O) groups excluding carboxylic acids is 1. The highest BCUT2D eigenvalue weighted by Gasteiger charge is 2.14. The highest BCUT2D eigenvalue weighted by molar-refractivity contribution is 7.07. The van der Waals surface area contributed by atoms with Crippen LogP contribution in [0.3, 0.4) is 0 Å². The van der Waals surface area contributed by atoms with Gasteiger partial charge in [0, 0.05) is 18.0 Å². The summed E-state index contributed by atoms with van der Waals surface area (Å²) in [6, 6.07) is 4.59. The van der Waals surface area contributed by atoms with Crippen molar-refractivity contribution in [1.29, 1.82) is 0 Å². The molecule has 0 aliphatic carbocycles. The van der Waals surface area contributed by atoms with E-state index in [9.17, 15) is 9.90 Å². The number of amides is 1. The van der Waals surface area contributed by atoms with Gasteiger partial charge in [-0.05, 0) is 18.2 Å². The van der Waals surface area contributed by atoms with Crippen LogP contribution in [-0.4, -0.2) is 35.1 Å². The fourth-order valence-electron chi connectivity index (χ4n) is 1.67. The fraction of sp³-hybridized carbons (Fsp3) is 0.231. The third kappa shape index (κ3) is 3.03. The molecule has 0 bridgehead atoms. The molecule has 5 nitrogen and oxygen atoms in total. The molecule has 0 unspecified atom stereocenters. The summed E-state index contributed by atoms with van der Waals surface area (Å²) in [6.07, 6.45) is 0. The second-order valence-electron chi connectivity index (χ2n) is 4.03. The van der Waals surface area contributed by atoms with E-state index in [4.69, 9.17) is 4.74 Å². The Bertz CT molecular complexity index is 569. The molecule has 1 N–H and O–H groups in total. The summed E-state index contributed by atoms with van der Waals surface area (Å²) in [6.45, 7) is 0.440. The van der Waals surface area contributed by atoms with Crippen LogP contribution in [0, 0.1) is 0 Å². The molecule has 0 atom stereocenters. The maximum atomic E-state index is 12.2. The molecule has 0 fully saturated rings.